The number of carbonyl (C=O) groups excluding carboxylic acids is 2. The first-order valence-corrected chi connectivity index (χ1v) is 8.96. The molecule has 27 heavy (non-hydrogen) atoms. The molecule has 0 bridgehead atoms. The molecule has 0 fully saturated rings. The lowest BCUT2D eigenvalue weighted by molar-refractivity contribution is -0.126. The molecule has 1 N–H and O–H groups in total. The largest absolute Gasteiger partial charge is 0.493 e. The highest BCUT2D eigenvalue weighted by Crippen LogP contribution is 2.38. The number of nitrogens with zero attached hydrogens (tertiary/aromatic N) is 1. The fourth-order valence-electron chi connectivity index (χ4n) is 3.39. The van der Waals surface area contributed by atoms with E-state index < -0.39 is 6.04 Å². The predicted octanol–water partition coefficient (Wildman–Crippen LogP) is 3.00. The van der Waals surface area contributed by atoms with Gasteiger partial charge in [0.15, 0.2) is 11.5 Å². The van der Waals surface area contributed by atoms with Crippen molar-refractivity contribution < 1.29 is 19.1 Å². The Morgan fingerprint density at radius 1 is 1.15 bits per heavy atom. The van der Waals surface area contributed by atoms with E-state index in [1.165, 1.54) is 6.92 Å². The van der Waals surface area contributed by atoms with E-state index in [-0.39, 0.29) is 11.8 Å². The van der Waals surface area contributed by atoms with Gasteiger partial charge in [-0.15, -0.1) is 0 Å². The van der Waals surface area contributed by atoms with Crippen molar-refractivity contribution in [3.63, 3.8) is 0 Å². The van der Waals surface area contributed by atoms with Gasteiger partial charge in [-0.25, -0.2) is 0 Å². The van der Waals surface area contributed by atoms with Crippen LogP contribution >= 0.6 is 0 Å². The first-order valence-electron chi connectivity index (χ1n) is 8.96. The second-order valence-electron chi connectivity index (χ2n) is 6.49. The molecule has 0 saturated carbocycles. The van der Waals surface area contributed by atoms with Crippen molar-refractivity contribution >= 4 is 17.5 Å². The van der Waals surface area contributed by atoms with E-state index in [0.29, 0.717) is 31.1 Å². The van der Waals surface area contributed by atoms with E-state index >= 15 is 0 Å². The van der Waals surface area contributed by atoms with Crippen LogP contribution in [0.1, 0.15) is 30.5 Å². The fourth-order valence-corrected chi connectivity index (χ4v) is 3.39. The molecule has 0 radical (unpaired) electrons. The number of nitrogens with one attached hydrogen (secondary N) is 1. The van der Waals surface area contributed by atoms with Crippen molar-refractivity contribution in [3.8, 4) is 11.5 Å². The van der Waals surface area contributed by atoms with Gasteiger partial charge in [-0.05, 0) is 31.0 Å². The summed E-state index contributed by atoms with van der Waals surface area (Å²) in [6.45, 7) is 4.37. The predicted molar refractivity (Wildman–Crippen MR) is 103 cm³/mol. The smallest absolute Gasteiger partial charge is 0.254 e. The minimum absolute atomic E-state index is 0.105. The highest BCUT2D eigenvalue weighted by atomic mass is 16.5. The van der Waals surface area contributed by atoms with E-state index in [2.05, 4.69) is 5.32 Å². The Labute approximate surface area is 159 Å². The highest BCUT2D eigenvalue weighted by molar-refractivity contribution is 6.06. The zero-order valence-corrected chi connectivity index (χ0v) is 15.8. The molecule has 6 heteroatoms. The van der Waals surface area contributed by atoms with E-state index in [4.69, 9.17) is 9.47 Å². The number of para-hydroxylation sites is 3. The molecule has 142 valence electrons. The number of methoxy groups -OCH3 is 1. The van der Waals surface area contributed by atoms with Crippen molar-refractivity contribution in [2.24, 2.45) is 0 Å². The Bertz CT molecular complexity index is 850. The van der Waals surface area contributed by atoms with Crippen LogP contribution in [0, 0.1) is 6.92 Å². The average Bonchev–Trinajstić information content (AvgIpc) is 2.92. The zero-order chi connectivity index (χ0) is 19.4. The third kappa shape index (κ3) is 3.89. The van der Waals surface area contributed by atoms with Crippen LogP contribution in [0.25, 0.3) is 0 Å². The van der Waals surface area contributed by atoms with E-state index in [0.717, 1.165) is 16.8 Å². The van der Waals surface area contributed by atoms with Gasteiger partial charge in [-0.2, -0.15) is 0 Å². The summed E-state index contributed by atoms with van der Waals surface area (Å²) in [5.74, 6) is 1.04. The first kappa shape index (κ1) is 18.8. The average molecular weight is 368 g/mol. The van der Waals surface area contributed by atoms with Gasteiger partial charge in [0.1, 0.15) is 6.04 Å². The van der Waals surface area contributed by atoms with Crippen LogP contribution in [0.5, 0.6) is 11.5 Å². The Hall–Kier alpha value is -3.02. The first-order chi connectivity index (χ1) is 13.0. The van der Waals surface area contributed by atoms with Crippen molar-refractivity contribution in [3.05, 3.63) is 53.6 Å². The summed E-state index contributed by atoms with van der Waals surface area (Å²) in [6.07, 6.45) is 0.657. The van der Waals surface area contributed by atoms with Crippen molar-refractivity contribution in [2.45, 2.75) is 26.3 Å². The van der Waals surface area contributed by atoms with E-state index in [1.54, 1.807) is 12.0 Å². The molecule has 0 aliphatic carbocycles. The van der Waals surface area contributed by atoms with Crippen LogP contribution in [0.2, 0.25) is 0 Å². The van der Waals surface area contributed by atoms with Crippen LogP contribution in [0.3, 0.4) is 0 Å². The molecule has 1 aliphatic heterocycles. The second-order valence-corrected chi connectivity index (χ2v) is 6.49. The van der Waals surface area contributed by atoms with E-state index in [1.807, 2.05) is 49.4 Å². The topological polar surface area (TPSA) is 67.9 Å². The van der Waals surface area contributed by atoms with Crippen molar-refractivity contribution in [2.75, 3.05) is 25.2 Å². The number of rotatable bonds is 7. The van der Waals surface area contributed by atoms with Crippen LogP contribution in [-0.2, 0) is 9.59 Å². The minimum atomic E-state index is -0.618. The Morgan fingerprint density at radius 3 is 2.59 bits per heavy atom. The lowest BCUT2D eigenvalue weighted by Crippen LogP contribution is -2.37. The van der Waals surface area contributed by atoms with Gasteiger partial charge in [0, 0.05) is 19.0 Å². The quantitative estimate of drug-likeness (QED) is 0.763. The van der Waals surface area contributed by atoms with Gasteiger partial charge in [-0.3, -0.25) is 9.59 Å². The van der Waals surface area contributed by atoms with Crippen LogP contribution in [0.4, 0.5) is 5.69 Å². The zero-order valence-electron chi connectivity index (χ0n) is 15.8. The molecule has 1 aliphatic rings. The molecular weight excluding hydrogens is 344 g/mol. The lowest BCUT2D eigenvalue weighted by atomic mass is 10.1. The van der Waals surface area contributed by atoms with Crippen LogP contribution < -0.4 is 19.7 Å². The Morgan fingerprint density at radius 2 is 1.89 bits per heavy atom. The fraction of sp³-hybridized carbons (Fsp3) is 0.333. The molecule has 1 heterocycles. The molecule has 0 saturated heterocycles. The summed E-state index contributed by atoms with van der Waals surface area (Å²) < 4.78 is 11.1. The Kier molecular flexibility index (Phi) is 5.64. The third-order valence-electron chi connectivity index (χ3n) is 4.56. The second kappa shape index (κ2) is 8.12. The number of amides is 2. The van der Waals surface area contributed by atoms with Gasteiger partial charge in [0.2, 0.25) is 5.91 Å². The van der Waals surface area contributed by atoms with Crippen LogP contribution in [0.15, 0.2) is 42.5 Å². The molecular formula is C21H24N2O4. The summed E-state index contributed by atoms with van der Waals surface area (Å²) >= 11 is 0. The Balaban J connectivity index is 1.68. The van der Waals surface area contributed by atoms with Gasteiger partial charge in [0.05, 0.1) is 19.4 Å². The summed E-state index contributed by atoms with van der Waals surface area (Å²) in [7, 11) is 1.60. The van der Waals surface area contributed by atoms with Gasteiger partial charge in [0.25, 0.3) is 5.91 Å². The standard InChI is InChI=1S/C21H24N2O4/c1-14-8-6-9-16-19(22-15(2)24)21(25)23(20(14)16)12-7-13-27-18-11-5-4-10-17(18)26-3/h4-6,8-11,19H,7,12-13H2,1-3H3,(H,22,24). The van der Waals surface area contributed by atoms with Gasteiger partial charge >= 0.3 is 0 Å². The monoisotopic (exact) mass is 368 g/mol. The summed E-state index contributed by atoms with van der Waals surface area (Å²) in [6, 6.07) is 12.6. The maximum atomic E-state index is 12.9. The maximum absolute atomic E-state index is 12.9. The molecule has 0 aromatic heterocycles. The molecule has 3 rings (SSSR count). The normalized spacial score (nSPS) is 15.4. The molecule has 2 amide bonds. The molecule has 2 aromatic rings. The molecule has 1 unspecified atom stereocenters. The number of hydrogen-bond acceptors (Lipinski definition) is 4. The van der Waals surface area contributed by atoms with Crippen LogP contribution in [-0.4, -0.2) is 32.1 Å². The number of carbonyl (C=O) groups is 2. The van der Waals surface area contributed by atoms with Gasteiger partial charge < -0.3 is 19.7 Å². The number of ether oxygens (including phenoxy) is 2. The lowest BCUT2D eigenvalue weighted by Gasteiger charge is -2.20. The summed E-state index contributed by atoms with van der Waals surface area (Å²) in [5, 5.41) is 2.76. The van der Waals surface area contributed by atoms with Crippen molar-refractivity contribution in [1.29, 1.82) is 0 Å². The van der Waals surface area contributed by atoms with Gasteiger partial charge in [-0.1, -0.05) is 30.3 Å². The molecule has 1 atom stereocenters. The molecule has 0 spiro atoms. The number of aryl methyl sites for hydroxylation is 1. The molecule has 6 nitrogen and oxygen atoms in total. The summed E-state index contributed by atoms with van der Waals surface area (Å²) in [5.41, 5.74) is 2.75. The number of benzene rings is 2. The SMILES string of the molecule is COc1ccccc1OCCCN1C(=O)C(NC(C)=O)c2cccc(C)c21. The van der Waals surface area contributed by atoms with Crippen molar-refractivity contribution in [1.82, 2.24) is 5.32 Å². The third-order valence-corrected chi connectivity index (χ3v) is 4.56. The minimum Gasteiger partial charge on any atom is -0.493 e. The maximum Gasteiger partial charge on any atom is 0.254 e. The summed E-state index contributed by atoms with van der Waals surface area (Å²) in [4.78, 5) is 26.1. The van der Waals surface area contributed by atoms with E-state index in [9.17, 15) is 9.59 Å². The molecule has 2 aromatic carbocycles. The highest BCUT2D eigenvalue weighted by Gasteiger charge is 2.38. The number of anilines is 1. The number of fused-ring (bicyclic) bond motifs is 1. The number of hydrogen-bond donors (Lipinski definition) is 1.